The average molecular weight is 887 g/mol. The predicted octanol–water partition coefficient (Wildman–Crippen LogP) is 17.2. The van der Waals surface area contributed by atoms with Crippen molar-refractivity contribution in [2.75, 3.05) is 13.2 Å². The van der Waals surface area contributed by atoms with Gasteiger partial charge in [-0.1, -0.05) is 224 Å². The monoisotopic (exact) mass is 887 g/mol. The van der Waals surface area contributed by atoms with Crippen molar-refractivity contribution < 1.29 is 32.0 Å². The van der Waals surface area contributed by atoms with Crippen molar-refractivity contribution in [2.45, 2.75) is 263 Å². The molecule has 0 radical (unpaired) electrons. The van der Waals surface area contributed by atoms with Gasteiger partial charge < -0.3 is 9.47 Å². The number of ether oxygens (including phenoxy) is 2. The van der Waals surface area contributed by atoms with E-state index in [0.29, 0.717) is 12.8 Å². The number of benzene rings is 1. The fraction of sp³-hybridized carbons (Fsp3) is 0.778. The molecule has 358 valence electrons. The van der Waals surface area contributed by atoms with E-state index in [4.69, 9.17) is 9.47 Å². The van der Waals surface area contributed by atoms with Gasteiger partial charge in [-0.05, 0) is 76.3 Å². The lowest BCUT2D eigenvalue weighted by Crippen LogP contribution is -2.19. The minimum atomic E-state index is -4.77. The van der Waals surface area contributed by atoms with Crippen LogP contribution in [0.3, 0.4) is 0 Å². The molecule has 0 aliphatic rings. The summed E-state index contributed by atoms with van der Waals surface area (Å²) < 4.78 is 45.0. The van der Waals surface area contributed by atoms with Gasteiger partial charge in [0.15, 0.2) is 0 Å². The van der Waals surface area contributed by atoms with Crippen LogP contribution in [0.5, 0.6) is 0 Å². The van der Waals surface area contributed by atoms with Crippen LogP contribution in [0.1, 0.15) is 279 Å². The Morgan fingerprint density at radius 1 is 0.435 bits per heavy atom. The summed E-state index contributed by atoms with van der Waals surface area (Å²) >= 11 is 0. The Hall–Kier alpha value is -2.45. The van der Waals surface area contributed by atoms with Crippen LogP contribution in [0.25, 0.3) is 0 Å². The van der Waals surface area contributed by atoms with Crippen LogP contribution >= 0.6 is 0 Å². The largest absolute Gasteiger partial charge is 0.462 e. The molecule has 0 aromatic heterocycles. The number of hydrogen-bond acceptors (Lipinski definition) is 6. The van der Waals surface area contributed by atoms with Crippen molar-refractivity contribution >= 4 is 22.1 Å². The van der Waals surface area contributed by atoms with E-state index < -0.39 is 32.5 Å². The van der Waals surface area contributed by atoms with E-state index in [9.17, 15) is 22.6 Å². The molecule has 7 nitrogen and oxygen atoms in total. The van der Waals surface area contributed by atoms with Gasteiger partial charge in [-0.2, -0.15) is 8.42 Å². The molecule has 0 saturated carbocycles. The molecule has 8 heteroatoms. The van der Waals surface area contributed by atoms with Crippen LogP contribution < -0.4 is 0 Å². The molecule has 0 atom stereocenters. The molecule has 0 aliphatic heterocycles. The summed E-state index contributed by atoms with van der Waals surface area (Å²) in [5.41, 5.74) is -0.676. The van der Waals surface area contributed by atoms with E-state index in [1.54, 1.807) is 0 Å². The first kappa shape index (κ1) is 57.6. The summed E-state index contributed by atoms with van der Waals surface area (Å²) in [7, 11) is -4.77. The maximum atomic E-state index is 13.1. The molecular formula is C54H94O7S. The van der Waals surface area contributed by atoms with E-state index >= 15 is 0 Å². The number of allylic oxidation sites excluding steroid dienone is 4. The van der Waals surface area contributed by atoms with Crippen LogP contribution in [-0.2, 0) is 19.6 Å². The zero-order valence-corrected chi connectivity index (χ0v) is 40.9. The van der Waals surface area contributed by atoms with Crippen molar-refractivity contribution in [1.82, 2.24) is 0 Å². The van der Waals surface area contributed by atoms with E-state index in [-0.39, 0.29) is 18.8 Å². The van der Waals surface area contributed by atoms with Crippen LogP contribution in [0.4, 0.5) is 0 Å². The van der Waals surface area contributed by atoms with E-state index in [2.05, 4.69) is 38.2 Å². The molecule has 0 heterocycles. The third kappa shape index (κ3) is 34.0. The normalized spacial score (nSPS) is 11.9. The topological polar surface area (TPSA) is 107 Å². The summed E-state index contributed by atoms with van der Waals surface area (Å²) in [6, 6.07) is 3.77. The van der Waals surface area contributed by atoms with Gasteiger partial charge in [0.1, 0.15) is 4.90 Å². The molecule has 0 aliphatic carbocycles. The number of unbranched alkanes of at least 4 members (excludes halogenated alkanes) is 34. The van der Waals surface area contributed by atoms with Crippen molar-refractivity contribution in [3.63, 3.8) is 0 Å². The fourth-order valence-corrected chi connectivity index (χ4v) is 8.78. The van der Waals surface area contributed by atoms with Crippen molar-refractivity contribution in [2.24, 2.45) is 0 Å². The molecule has 62 heavy (non-hydrogen) atoms. The molecule has 0 bridgehead atoms. The van der Waals surface area contributed by atoms with Gasteiger partial charge >= 0.3 is 11.9 Å². The quantitative estimate of drug-likeness (QED) is 0.0301. The maximum Gasteiger partial charge on any atom is 0.340 e. The second-order valence-electron chi connectivity index (χ2n) is 17.8. The molecule has 0 saturated heterocycles. The molecule has 0 spiro atoms. The Bertz CT molecular complexity index is 1370. The molecule has 0 unspecified atom stereocenters. The summed E-state index contributed by atoms with van der Waals surface area (Å²) in [6.45, 7) is 4.82. The first-order chi connectivity index (χ1) is 30.3. The Morgan fingerprint density at radius 3 is 1.05 bits per heavy atom. The zero-order valence-electron chi connectivity index (χ0n) is 40.1. The zero-order chi connectivity index (χ0) is 45.0. The maximum absolute atomic E-state index is 13.1. The SMILES string of the molecule is CCCCCCCCCCC/C=C/CCCCCCCCCCOC(=O)c1cccc(S(=O)(=O)O)c1C(=O)OCCCCCCCCCC/C=C/CCCCCCCCCCC. The van der Waals surface area contributed by atoms with Crippen molar-refractivity contribution in [1.29, 1.82) is 0 Å². The van der Waals surface area contributed by atoms with Gasteiger partial charge in [0.2, 0.25) is 0 Å². The predicted molar refractivity (Wildman–Crippen MR) is 262 cm³/mol. The van der Waals surface area contributed by atoms with Crippen LogP contribution in [0.15, 0.2) is 47.4 Å². The van der Waals surface area contributed by atoms with E-state index in [1.165, 1.54) is 205 Å². The summed E-state index contributed by atoms with van der Waals surface area (Å²) in [6.07, 6.45) is 56.4. The lowest BCUT2D eigenvalue weighted by Gasteiger charge is -2.13. The van der Waals surface area contributed by atoms with Gasteiger partial charge in [-0.25, -0.2) is 9.59 Å². The van der Waals surface area contributed by atoms with Crippen molar-refractivity contribution in [3.05, 3.63) is 53.6 Å². The molecule has 0 fully saturated rings. The lowest BCUT2D eigenvalue weighted by atomic mass is 10.1. The molecule has 1 rings (SSSR count). The Morgan fingerprint density at radius 2 is 0.726 bits per heavy atom. The Balaban J connectivity index is 2.15. The molecule has 1 aromatic rings. The highest BCUT2D eigenvalue weighted by atomic mass is 32.2. The number of rotatable bonds is 45. The van der Waals surface area contributed by atoms with Gasteiger partial charge in [0.05, 0.1) is 24.3 Å². The number of carbonyl (C=O) groups excluding carboxylic acids is 2. The minimum absolute atomic E-state index is 0.106. The van der Waals surface area contributed by atoms with Crippen LogP contribution in [-0.4, -0.2) is 38.1 Å². The lowest BCUT2D eigenvalue weighted by molar-refractivity contribution is 0.0446. The molecule has 1 N–H and O–H groups in total. The Labute approximate surface area is 382 Å². The Kier molecular flexibility index (Phi) is 39.5. The molecule has 1 aromatic carbocycles. The van der Waals surface area contributed by atoms with E-state index in [1.807, 2.05) is 0 Å². The third-order valence-electron chi connectivity index (χ3n) is 12.0. The van der Waals surface area contributed by atoms with Gasteiger partial charge in [-0.15, -0.1) is 0 Å². The van der Waals surface area contributed by atoms with Crippen LogP contribution in [0.2, 0.25) is 0 Å². The third-order valence-corrected chi connectivity index (χ3v) is 12.9. The highest BCUT2D eigenvalue weighted by Crippen LogP contribution is 2.23. The average Bonchev–Trinajstić information content (AvgIpc) is 3.26. The number of carbonyl (C=O) groups is 2. The standard InChI is InChI=1S/C54H94O7S/c1-3-5-7-9-11-13-15-17-19-21-23-25-27-29-31-33-35-37-39-41-43-48-60-53(55)50-46-45-47-51(62(57,58)59)52(50)54(56)61-49-44-42-40-38-36-34-32-30-28-26-24-22-20-18-16-14-12-10-8-6-4-2/h23-26,45-47H,3-22,27-44,48-49H2,1-2H3,(H,57,58,59)/b25-23+,26-24+. The van der Waals surface area contributed by atoms with Crippen molar-refractivity contribution in [3.8, 4) is 0 Å². The summed E-state index contributed by atoms with van der Waals surface area (Å²) in [4.78, 5) is 25.5. The minimum Gasteiger partial charge on any atom is -0.462 e. The number of esters is 2. The number of hydrogen-bond donors (Lipinski definition) is 1. The second kappa shape index (κ2) is 42.5. The van der Waals surface area contributed by atoms with Crippen LogP contribution in [0, 0.1) is 0 Å². The summed E-state index contributed by atoms with van der Waals surface area (Å²) in [5.74, 6) is -1.74. The first-order valence-electron chi connectivity index (χ1n) is 26.1. The summed E-state index contributed by atoms with van der Waals surface area (Å²) in [5, 5.41) is 0. The second-order valence-corrected chi connectivity index (χ2v) is 19.2. The highest BCUT2D eigenvalue weighted by molar-refractivity contribution is 7.86. The van der Waals surface area contributed by atoms with Gasteiger partial charge in [-0.3, -0.25) is 4.55 Å². The first-order valence-corrected chi connectivity index (χ1v) is 27.5. The molecular weight excluding hydrogens is 793 g/mol. The fourth-order valence-electron chi connectivity index (χ4n) is 8.07. The smallest absolute Gasteiger partial charge is 0.340 e. The highest BCUT2D eigenvalue weighted by Gasteiger charge is 2.28. The van der Waals surface area contributed by atoms with Gasteiger partial charge in [0, 0.05) is 0 Å². The van der Waals surface area contributed by atoms with E-state index in [0.717, 1.165) is 44.6 Å². The van der Waals surface area contributed by atoms with Gasteiger partial charge in [0.25, 0.3) is 10.1 Å². The molecule has 0 amide bonds.